The molecule has 0 aliphatic carbocycles. The van der Waals surface area contributed by atoms with Gasteiger partial charge in [-0.1, -0.05) is 13.8 Å². The Morgan fingerprint density at radius 1 is 1.50 bits per heavy atom. The fraction of sp³-hybridized carbons (Fsp3) is 0.692. The van der Waals surface area contributed by atoms with Gasteiger partial charge in [0.2, 0.25) is 0 Å². The van der Waals surface area contributed by atoms with Crippen molar-refractivity contribution in [3.8, 4) is 0 Å². The molecule has 1 aromatic heterocycles. The van der Waals surface area contributed by atoms with Crippen LogP contribution in [-0.2, 0) is 7.05 Å². The number of rotatable bonds is 3. The van der Waals surface area contributed by atoms with Crippen LogP contribution in [0.4, 0.5) is 5.82 Å². The average molecular weight is 249 g/mol. The highest BCUT2D eigenvalue weighted by atomic mass is 15.4. The summed E-state index contributed by atoms with van der Waals surface area (Å²) in [6.45, 7) is 7.45. The number of nitrogens with two attached hydrogens (primary N) is 1. The van der Waals surface area contributed by atoms with Crippen molar-refractivity contribution in [2.24, 2.45) is 18.7 Å². The maximum absolute atomic E-state index is 7.77. The third-order valence-electron chi connectivity index (χ3n) is 3.80. The molecule has 3 N–H and O–H groups in total. The Labute approximate surface area is 108 Å². The van der Waals surface area contributed by atoms with Gasteiger partial charge in [0, 0.05) is 19.6 Å². The lowest BCUT2D eigenvalue weighted by molar-refractivity contribution is 0.484. The van der Waals surface area contributed by atoms with Crippen LogP contribution < -0.4 is 10.6 Å². The molecule has 2 rings (SSSR count). The van der Waals surface area contributed by atoms with Crippen LogP contribution in [0.25, 0.3) is 0 Å². The molecule has 0 spiro atoms. The zero-order valence-corrected chi connectivity index (χ0v) is 11.7. The third-order valence-corrected chi connectivity index (χ3v) is 3.80. The molecule has 1 saturated heterocycles. The standard InChI is InChI=1S/C13H23N5/c1-8(2)10-6-5-7-18(10)13-11(12(14)15)9(3)16-17(13)4/h8,10H,5-7H2,1-4H3,(H3,14,15). The summed E-state index contributed by atoms with van der Waals surface area (Å²) in [6.07, 6.45) is 2.41. The van der Waals surface area contributed by atoms with E-state index in [9.17, 15) is 0 Å². The molecule has 1 aliphatic heterocycles. The largest absolute Gasteiger partial charge is 0.384 e. The van der Waals surface area contributed by atoms with Crippen molar-refractivity contribution < 1.29 is 0 Å². The highest BCUT2D eigenvalue weighted by Gasteiger charge is 2.32. The molecule has 1 fully saturated rings. The predicted octanol–water partition coefficient (Wildman–Crippen LogP) is 1.64. The minimum Gasteiger partial charge on any atom is -0.384 e. The highest BCUT2D eigenvalue weighted by Crippen LogP contribution is 2.32. The van der Waals surface area contributed by atoms with Crippen LogP contribution in [0, 0.1) is 18.3 Å². The number of aromatic nitrogens is 2. The normalized spacial score (nSPS) is 19.8. The Morgan fingerprint density at radius 3 is 2.72 bits per heavy atom. The number of hydrogen-bond acceptors (Lipinski definition) is 3. The molecule has 18 heavy (non-hydrogen) atoms. The Bertz CT molecular complexity index is 460. The van der Waals surface area contributed by atoms with E-state index in [2.05, 4.69) is 23.8 Å². The number of nitrogens with one attached hydrogen (secondary N) is 1. The first-order valence-corrected chi connectivity index (χ1v) is 6.58. The molecule has 1 aromatic rings. The molecule has 0 amide bonds. The van der Waals surface area contributed by atoms with E-state index in [4.69, 9.17) is 11.1 Å². The van der Waals surface area contributed by atoms with Crippen molar-refractivity contribution in [2.45, 2.75) is 39.7 Å². The molecule has 5 heteroatoms. The number of hydrogen-bond donors (Lipinski definition) is 2. The topological polar surface area (TPSA) is 70.9 Å². The van der Waals surface area contributed by atoms with E-state index < -0.39 is 0 Å². The zero-order valence-electron chi connectivity index (χ0n) is 11.7. The summed E-state index contributed by atoms with van der Waals surface area (Å²) in [7, 11) is 1.94. The van der Waals surface area contributed by atoms with Crippen molar-refractivity contribution in [1.82, 2.24) is 9.78 Å². The lowest BCUT2D eigenvalue weighted by atomic mass is 10.0. The number of anilines is 1. The fourth-order valence-electron chi connectivity index (χ4n) is 3.04. The maximum Gasteiger partial charge on any atom is 0.138 e. The minimum atomic E-state index is 0.116. The number of amidine groups is 1. The van der Waals surface area contributed by atoms with E-state index in [1.165, 1.54) is 12.8 Å². The van der Waals surface area contributed by atoms with Gasteiger partial charge in [0.25, 0.3) is 0 Å². The van der Waals surface area contributed by atoms with E-state index in [0.717, 1.165) is 23.6 Å². The number of nitrogens with zero attached hydrogens (tertiary/aromatic N) is 3. The summed E-state index contributed by atoms with van der Waals surface area (Å²) < 4.78 is 1.87. The van der Waals surface area contributed by atoms with Crippen molar-refractivity contribution >= 4 is 11.7 Å². The van der Waals surface area contributed by atoms with Crippen LogP contribution in [0.2, 0.25) is 0 Å². The Kier molecular flexibility index (Phi) is 3.32. The quantitative estimate of drug-likeness (QED) is 0.632. The third kappa shape index (κ3) is 1.98. The van der Waals surface area contributed by atoms with Gasteiger partial charge in [-0.15, -0.1) is 0 Å². The van der Waals surface area contributed by atoms with Gasteiger partial charge < -0.3 is 10.6 Å². The summed E-state index contributed by atoms with van der Waals surface area (Å²) in [5.74, 6) is 1.73. The van der Waals surface area contributed by atoms with Gasteiger partial charge in [-0.05, 0) is 25.7 Å². The smallest absolute Gasteiger partial charge is 0.138 e. The average Bonchev–Trinajstić information content (AvgIpc) is 2.81. The minimum absolute atomic E-state index is 0.116. The monoisotopic (exact) mass is 249 g/mol. The molecule has 1 unspecified atom stereocenters. The van der Waals surface area contributed by atoms with Crippen molar-refractivity contribution in [2.75, 3.05) is 11.4 Å². The van der Waals surface area contributed by atoms with Crippen molar-refractivity contribution in [3.05, 3.63) is 11.3 Å². The maximum atomic E-state index is 7.77. The molecule has 0 bridgehead atoms. The second kappa shape index (κ2) is 4.63. The van der Waals surface area contributed by atoms with Gasteiger partial charge in [0.1, 0.15) is 11.7 Å². The first kappa shape index (κ1) is 12.9. The van der Waals surface area contributed by atoms with Gasteiger partial charge in [-0.3, -0.25) is 10.1 Å². The van der Waals surface area contributed by atoms with Gasteiger partial charge in [0.15, 0.2) is 0 Å². The summed E-state index contributed by atoms with van der Waals surface area (Å²) in [5, 5.41) is 12.2. The molecular formula is C13H23N5. The van der Waals surface area contributed by atoms with Crippen LogP contribution in [0.15, 0.2) is 0 Å². The Balaban J connectivity index is 2.47. The molecule has 100 valence electrons. The SMILES string of the molecule is Cc1nn(C)c(N2CCCC2C(C)C)c1C(=N)N. The van der Waals surface area contributed by atoms with Crippen LogP contribution in [-0.4, -0.2) is 28.2 Å². The molecule has 0 radical (unpaired) electrons. The van der Waals surface area contributed by atoms with E-state index in [1.54, 1.807) is 0 Å². The van der Waals surface area contributed by atoms with Crippen LogP contribution in [0.1, 0.15) is 37.9 Å². The lowest BCUT2D eigenvalue weighted by Crippen LogP contribution is -2.36. The van der Waals surface area contributed by atoms with E-state index in [1.807, 2.05) is 18.7 Å². The van der Waals surface area contributed by atoms with E-state index in [-0.39, 0.29) is 5.84 Å². The van der Waals surface area contributed by atoms with Gasteiger partial charge in [-0.2, -0.15) is 5.10 Å². The second-order valence-corrected chi connectivity index (χ2v) is 5.47. The number of nitrogen functional groups attached to an aromatic ring is 1. The lowest BCUT2D eigenvalue weighted by Gasteiger charge is -2.30. The van der Waals surface area contributed by atoms with Gasteiger partial charge in [-0.25, -0.2) is 0 Å². The summed E-state index contributed by atoms with van der Waals surface area (Å²) in [5.41, 5.74) is 7.36. The van der Waals surface area contributed by atoms with Crippen LogP contribution in [0.5, 0.6) is 0 Å². The van der Waals surface area contributed by atoms with Crippen molar-refractivity contribution in [3.63, 3.8) is 0 Å². The molecule has 0 saturated carbocycles. The van der Waals surface area contributed by atoms with E-state index in [0.29, 0.717) is 12.0 Å². The predicted molar refractivity (Wildman–Crippen MR) is 74.2 cm³/mol. The Hall–Kier alpha value is -1.52. The van der Waals surface area contributed by atoms with Crippen LogP contribution >= 0.6 is 0 Å². The van der Waals surface area contributed by atoms with Gasteiger partial charge >= 0.3 is 0 Å². The molecule has 1 aliphatic rings. The van der Waals surface area contributed by atoms with Crippen molar-refractivity contribution in [1.29, 1.82) is 5.41 Å². The fourth-order valence-corrected chi connectivity index (χ4v) is 3.04. The highest BCUT2D eigenvalue weighted by molar-refractivity contribution is 6.01. The number of aryl methyl sites for hydroxylation is 2. The molecule has 1 atom stereocenters. The van der Waals surface area contributed by atoms with Gasteiger partial charge in [0.05, 0.1) is 11.3 Å². The first-order valence-electron chi connectivity index (χ1n) is 6.58. The molecule has 5 nitrogen and oxygen atoms in total. The molecular weight excluding hydrogens is 226 g/mol. The summed E-state index contributed by atoms with van der Waals surface area (Å²) in [6, 6.07) is 0.526. The summed E-state index contributed by atoms with van der Waals surface area (Å²) in [4.78, 5) is 2.38. The first-order chi connectivity index (χ1) is 8.43. The molecule has 0 aromatic carbocycles. The zero-order chi connectivity index (χ0) is 13.4. The summed E-state index contributed by atoms with van der Waals surface area (Å²) >= 11 is 0. The Morgan fingerprint density at radius 2 is 2.17 bits per heavy atom. The van der Waals surface area contributed by atoms with Crippen LogP contribution in [0.3, 0.4) is 0 Å². The second-order valence-electron chi connectivity index (χ2n) is 5.47. The molecule has 2 heterocycles. The van der Waals surface area contributed by atoms with E-state index >= 15 is 0 Å².